The molecular weight excluding hydrogens is 212 g/mol. The highest BCUT2D eigenvalue weighted by molar-refractivity contribution is 5.42. The predicted molar refractivity (Wildman–Crippen MR) is 69.5 cm³/mol. The molecule has 94 valence electrons. The number of aryl methyl sites for hydroxylation is 2. The van der Waals surface area contributed by atoms with Crippen LogP contribution in [-0.2, 0) is 6.42 Å². The minimum atomic E-state index is 0.120. The summed E-state index contributed by atoms with van der Waals surface area (Å²) >= 11 is 0. The second-order valence-corrected chi connectivity index (χ2v) is 5.44. The van der Waals surface area contributed by atoms with Crippen LogP contribution in [0.15, 0.2) is 12.1 Å². The van der Waals surface area contributed by atoms with E-state index in [-0.39, 0.29) is 5.41 Å². The van der Waals surface area contributed by atoms with Crippen LogP contribution < -0.4 is 4.74 Å². The van der Waals surface area contributed by atoms with E-state index in [1.165, 1.54) is 23.1 Å². The van der Waals surface area contributed by atoms with Gasteiger partial charge in [-0.1, -0.05) is 12.5 Å². The third kappa shape index (κ3) is 2.32. The molecule has 1 N–H and O–H groups in total. The number of rotatable bonds is 4. The summed E-state index contributed by atoms with van der Waals surface area (Å²) in [6.07, 6.45) is 4.46. The maximum absolute atomic E-state index is 9.54. The average molecular weight is 234 g/mol. The maximum atomic E-state index is 9.54. The van der Waals surface area contributed by atoms with Crippen molar-refractivity contribution in [1.29, 1.82) is 0 Å². The Morgan fingerprint density at radius 3 is 2.35 bits per heavy atom. The third-order valence-corrected chi connectivity index (χ3v) is 4.21. The molecule has 0 atom stereocenters. The van der Waals surface area contributed by atoms with Gasteiger partial charge in [-0.15, -0.1) is 0 Å². The number of hydrogen-bond acceptors (Lipinski definition) is 2. The van der Waals surface area contributed by atoms with Crippen LogP contribution in [0.1, 0.15) is 36.0 Å². The van der Waals surface area contributed by atoms with Crippen molar-refractivity contribution in [1.82, 2.24) is 0 Å². The van der Waals surface area contributed by atoms with Gasteiger partial charge in [-0.25, -0.2) is 0 Å². The van der Waals surface area contributed by atoms with Crippen LogP contribution >= 0.6 is 0 Å². The largest absolute Gasteiger partial charge is 0.496 e. The van der Waals surface area contributed by atoms with Crippen molar-refractivity contribution in [2.45, 2.75) is 39.5 Å². The monoisotopic (exact) mass is 234 g/mol. The molecular formula is C15H22O2. The summed E-state index contributed by atoms with van der Waals surface area (Å²) in [5.41, 5.74) is 3.92. The van der Waals surface area contributed by atoms with Crippen molar-refractivity contribution in [2.24, 2.45) is 5.41 Å². The summed E-state index contributed by atoms with van der Waals surface area (Å²) in [7, 11) is 1.72. The molecule has 2 nitrogen and oxygen atoms in total. The Balaban J connectivity index is 2.28. The minimum Gasteiger partial charge on any atom is -0.496 e. The fourth-order valence-corrected chi connectivity index (χ4v) is 2.65. The molecule has 0 radical (unpaired) electrons. The van der Waals surface area contributed by atoms with Gasteiger partial charge in [-0.05, 0) is 61.3 Å². The number of aliphatic hydroxyl groups is 1. The van der Waals surface area contributed by atoms with Crippen LogP contribution in [0.2, 0.25) is 0 Å². The Labute approximate surface area is 104 Å². The summed E-state index contributed by atoms with van der Waals surface area (Å²) in [6, 6.07) is 4.32. The van der Waals surface area contributed by atoms with Crippen molar-refractivity contribution in [2.75, 3.05) is 13.7 Å². The van der Waals surface area contributed by atoms with Gasteiger partial charge in [0.05, 0.1) is 7.11 Å². The first-order chi connectivity index (χ1) is 8.10. The van der Waals surface area contributed by atoms with E-state index >= 15 is 0 Å². The lowest BCUT2D eigenvalue weighted by molar-refractivity contribution is 0.0445. The molecule has 0 aromatic heterocycles. The van der Waals surface area contributed by atoms with Gasteiger partial charge in [0.1, 0.15) is 5.75 Å². The van der Waals surface area contributed by atoms with E-state index in [4.69, 9.17) is 4.74 Å². The minimum absolute atomic E-state index is 0.120. The maximum Gasteiger partial charge on any atom is 0.122 e. The zero-order valence-electron chi connectivity index (χ0n) is 11.0. The number of aliphatic hydroxyl groups excluding tert-OH is 1. The van der Waals surface area contributed by atoms with Crippen LogP contribution in [0, 0.1) is 19.3 Å². The second-order valence-electron chi connectivity index (χ2n) is 5.44. The molecule has 0 unspecified atom stereocenters. The number of methoxy groups -OCH3 is 1. The molecule has 1 aromatic rings. The molecule has 0 saturated heterocycles. The zero-order chi connectivity index (χ0) is 12.5. The molecule has 1 aromatic carbocycles. The lowest BCUT2D eigenvalue weighted by Gasteiger charge is -2.40. The zero-order valence-corrected chi connectivity index (χ0v) is 11.0. The van der Waals surface area contributed by atoms with E-state index in [2.05, 4.69) is 26.0 Å². The third-order valence-electron chi connectivity index (χ3n) is 4.21. The molecule has 0 aliphatic heterocycles. The summed E-state index contributed by atoms with van der Waals surface area (Å²) in [4.78, 5) is 0. The van der Waals surface area contributed by atoms with Gasteiger partial charge in [0.25, 0.3) is 0 Å². The topological polar surface area (TPSA) is 29.5 Å². The van der Waals surface area contributed by atoms with Crippen LogP contribution in [0.5, 0.6) is 5.75 Å². The van der Waals surface area contributed by atoms with Crippen molar-refractivity contribution >= 4 is 0 Å². The molecule has 1 aliphatic carbocycles. The normalized spacial score (nSPS) is 17.6. The predicted octanol–water partition coefficient (Wildman–Crippen LogP) is 3.02. The first-order valence-electron chi connectivity index (χ1n) is 6.35. The smallest absolute Gasteiger partial charge is 0.122 e. The highest BCUT2D eigenvalue weighted by atomic mass is 16.5. The van der Waals surface area contributed by atoms with Crippen molar-refractivity contribution in [3.8, 4) is 5.75 Å². The molecule has 0 amide bonds. The van der Waals surface area contributed by atoms with E-state index in [1.54, 1.807) is 7.11 Å². The lowest BCUT2D eigenvalue weighted by Crippen LogP contribution is -2.35. The fourth-order valence-electron chi connectivity index (χ4n) is 2.65. The molecule has 1 fully saturated rings. The molecule has 1 aliphatic rings. The van der Waals surface area contributed by atoms with E-state index in [0.717, 1.165) is 25.0 Å². The molecule has 0 spiro atoms. The van der Waals surface area contributed by atoms with Gasteiger partial charge in [0, 0.05) is 6.61 Å². The SMILES string of the molecule is COc1cc(C)c(C)cc1CC1(CO)CCC1. The van der Waals surface area contributed by atoms with E-state index < -0.39 is 0 Å². The molecule has 2 heteroatoms. The average Bonchev–Trinajstić information content (AvgIpc) is 2.27. The molecule has 17 heavy (non-hydrogen) atoms. The van der Waals surface area contributed by atoms with Crippen LogP contribution in [0.4, 0.5) is 0 Å². The van der Waals surface area contributed by atoms with E-state index in [0.29, 0.717) is 6.61 Å². The highest BCUT2D eigenvalue weighted by Crippen LogP contribution is 2.44. The van der Waals surface area contributed by atoms with Gasteiger partial charge in [0.15, 0.2) is 0 Å². The first-order valence-corrected chi connectivity index (χ1v) is 6.35. The summed E-state index contributed by atoms with van der Waals surface area (Å²) < 4.78 is 5.46. The van der Waals surface area contributed by atoms with E-state index in [9.17, 15) is 5.11 Å². The van der Waals surface area contributed by atoms with Gasteiger partial charge in [0.2, 0.25) is 0 Å². The molecule has 0 bridgehead atoms. The van der Waals surface area contributed by atoms with Gasteiger partial charge in [-0.3, -0.25) is 0 Å². The molecule has 0 heterocycles. The van der Waals surface area contributed by atoms with Gasteiger partial charge >= 0.3 is 0 Å². The summed E-state index contributed by atoms with van der Waals surface area (Å²) in [6.45, 7) is 4.53. The molecule has 2 rings (SSSR count). The Kier molecular flexibility index (Phi) is 3.43. The summed E-state index contributed by atoms with van der Waals surface area (Å²) in [5, 5.41) is 9.54. The Morgan fingerprint density at radius 2 is 1.88 bits per heavy atom. The quantitative estimate of drug-likeness (QED) is 0.867. The lowest BCUT2D eigenvalue weighted by atomic mass is 9.66. The van der Waals surface area contributed by atoms with Crippen LogP contribution in [-0.4, -0.2) is 18.8 Å². The number of benzene rings is 1. The van der Waals surface area contributed by atoms with E-state index in [1.807, 2.05) is 0 Å². The first kappa shape index (κ1) is 12.4. The second kappa shape index (κ2) is 4.69. The van der Waals surface area contributed by atoms with Gasteiger partial charge < -0.3 is 9.84 Å². The van der Waals surface area contributed by atoms with Crippen molar-refractivity contribution in [3.05, 3.63) is 28.8 Å². The number of ether oxygens (including phenoxy) is 1. The van der Waals surface area contributed by atoms with Crippen molar-refractivity contribution < 1.29 is 9.84 Å². The number of hydrogen-bond donors (Lipinski definition) is 1. The molecule has 1 saturated carbocycles. The fraction of sp³-hybridized carbons (Fsp3) is 0.600. The van der Waals surface area contributed by atoms with Crippen LogP contribution in [0.25, 0.3) is 0 Å². The van der Waals surface area contributed by atoms with Crippen LogP contribution in [0.3, 0.4) is 0 Å². The van der Waals surface area contributed by atoms with Crippen molar-refractivity contribution in [3.63, 3.8) is 0 Å². The Bertz CT molecular complexity index is 400. The Morgan fingerprint density at radius 1 is 1.24 bits per heavy atom. The standard InChI is InChI=1S/C15H22O2/c1-11-7-13(14(17-3)8-12(11)2)9-15(10-16)5-4-6-15/h7-8,16H,4-6,9-10H2,1-3H3. The van der Waals surface area contributed by atoms with Gasteiger partial charge in [-0.2, -0.15) is 0 Å². The highest BCUT2D eigenvalue weighted by Gasteiger charge is 2.37. The summed E-state index contributed by atoms with van der Waals surface area (Å²) in [5.74, 6) is 0.966. The Hall–Kier alpha value is -1.02.